The van der Waals surface area contributed by atoms with Crippen LogP contribution in [0.1, 0.15) is 34.6 Å². The molecule has 4 heteroatoms. The first-order valence-electron chi connectivity index (χ1n) is 5.43. The predicted octanol–water partition coefficient (Wildman–Crippen LogP) is 1.20. The van der Waals surface area contributed by atoms with Crippen LogP contribution in [0.2, 0.25) is 0 Å². The van der Waals surface area contributed by atoms with Gasteiger partial charge in [-0.3, -0.25) is 0 Å². The fourth-order valence-corrected chi connectivity index (χ4v) is 1.52. The Balaban J connectivity index is 2.42. The summed E-state index contributed by atoms with van der Waals surface area (Å²) in [5.41, 5.74) is -0.905. The lowest BCUT2D eigenvalue weighted by molar-refractivity contribution is -0.108. The van der Waals surface area contributed by atoms with Crippen LogP contribution in [-0.2, 0) is 0 Å². The van der Waals surface area contributed by atoms with Crippen molar-refractivity contribution in [1.82, 2.24) is 10.2 Å². The third-order valence-corrected chi connectivity index (χ3v) is 2.77. The van der Waals surface area contributed by atoms with E-state index in [-0.39, 0.29) is 17.5 Å². The van der Waals surface area contributed by atoms with Crippen LogP contribution in [0.25, 0.3) is 0 Å². The minimum atomic E-state index is -0.685. The van der Waals surface area contributed by atoms with Crippen LogP contribution in [0.3, 0.4) is 0 Å². The number of amides is 2. The van der Waals surface area contributed by atoms with Crippen LogP contribution >= 0.6 is 0 Å². The summed E-state index contributed by atoms with van der Waals surface area (Å²) in [5.74, 6) is 0.191. The molecule has 1 saturated heterocycles. The van der Waals surface area contributed by atoms with E-state index < -0.39 is 5.60 Å². The van der Waals surface area contributed by atoms with Gasteiger partial charge < -0.3 is 15.3 Å². The molecule has 0 aromatic rings. The summed E-state index contributed by atoms with van der Waals surface area (Å²) in [6.45, 7) is 10.6. The van der Waals surface area contributed by atoms with Gasteiger partial charge in [0.15, 0.2) is 0 Å². The summed E-state index contributed by atoms with van der Waals surface area (Å²) in [4.78, 5) is 13.3. The summed E-state index contributed by atoms with van der Waals surface area (Å²) in [5, 5.41) is 12.9. The van der Waals surface area contributed by atoms with Gasteiger partial charge in [-0.2, -0.15) is 0 Å². The smallest absolute Gasteiger partial charge is 0.318 e. The first-order chi connectivity index (χ1) is 6.64. The number of aliphatic hydroxyl groups is 1. The topological polar surface area (TPSA) is 52.6 Å². The summed E-state index contributed by atoms with van der Waals surface area (Å²) in [7, 11) is 0. The van der Waals surface area contributed by atoms with E-state index in [0.717, 1.165) is 0 Å². The molecular formula is C11H22N2O2. The summed E-state index contributed by atoms with van der Waals surface area (Å²) < 4.78 is 0. The van der Waals surface area contributed by atoms with Crippen molar-refractivity contribution in [3.05, 3.63) is 0 Å². The quantitative estimate of drug-likeness (QED) is 0.689. The Bertz CT molecular complexity index is 250. The summed E-state index contributed by atoms with van der Waals surface area (Å²) in [6, 6.07) is -0.0900. The molecule has 1 rings (SSSR count). The predicted molar refractivity (Wildman–Crippen MR) is 59.6 cm³/mol. The van der Waals surface area contributed by atoms with Crippen molar-refractivity contribution >= 4 is 6.03 Å². The summed E-state index contributed by atoms with van der Waals surface area (Å²) in [6.07, 6.45) is 0. The van der Waals surface area contributed by atoms with E-state index in [1.807, 2.05) is 34.6 Å². The van der Waals surface area contributed by atoms with E-state index in [1.54, 1.807) is 4.90 Å². The molecule has 1 aliphatic heterocycles. The number of carbonyl (C=O) groups excluding carboxylic acids is 1. The van der Waals surface area contributed by atoms with Crippen molar-refractivity contribution in [2.45, 2.75) is 45.8 Å². The molecule has 88 valence electrons. The molecule has 0 bridgehead atoms. The van der Waals surface area contributed by atoms with Crippen LogP contribution < -0.4 is 5.32 Å². The number of nitrogens with one attached hydrogen (secondary N) is 1. The van der Waals surface area contributed by atoms with Crippen molar-refractivity contribution in [2.24, 2.45) is 5.92 Å². The van der Waals surface area contributed by atoms with E-state index in [9.17, 15) is 9.90 Å². The van der Waals surface area contributed by atoms with E-state index >= 15 is 0 Å². The van der Waals surface area contributed by atoms with Crippen LogP contribution in [0.15, 0.2) is 0 Å². The SMILES string of the molecule is CC(C)C1(O)CN(C(=O)NC(C)(C)C)C1. The van der Waals surface area contributed by atoms with E-state index in [0.29, 0.717) is 13.1 Å². The van der Waals surface area contributed by atoms with Gasteiger partial charge >= 0.3 is 6.03 Å². The number of carbonyl (C=O) groups is 1. The normalized spacial score (nSPS) is 20.1. The lowest BCUT2D eigenvalue weighted by Crippen LogP contribution is -2.68. The van der Waals surface area contributed by atoms with Gasteiger partial charge in [-0.05, 0) is 26.7 Å². The first kappa shape index (κ1) is 12.3. The van der Waals surface area contributed by atoms with Crippen molar-refractivity contribution < 1.29 is 9.90 Å². The first-order valence-corrected chi connectivity index (χ1v) is 5.43. The number of urea groups is 1. The maximum Gasteiger partial charge on any atom is 0.318 e. The van der Waals surface area contributed by atoms with Gasteiger partial charge in [0.25, 0.3) is 0 Å². The van der Waals surface area contributed by atoms with Gasteiger partial charge in [0.1, 0.15) is 5.60 Å². The van der Waals surface area contributed by atoms with E-state index in [4.69, 9.17) is 0 Å². The van der Waals surface area contributed by atoms with Crippen LogP contribution in [0.4, 0.5) is 4.79 Å². The van der Waals surface area contributed by atoms with E-state index in [2.05, 4.69) is 5.32 Å². The zero-order valence-electron chi connectivity index (χ0n) is 10.3. The van der Waals surface area contributed by atoms with Crippen molar-refractivity contribution in [3.8, 4) is 0 Å². The molecular weight excluding hydrogens is 192 g/mol. The average Bonchev–Trinajstić information content (AvgIpc) is 1.94. The number of likely N-dealkylation sites (tertiary alicyclic amines) is 1. The third kappa shape index (κ3) is 2.84. The van der Waals surface area contributed by atoms with Gasteiger partial charge in [0.05, 0.1) is 13.1 Å². The number of nitrogens with zero attached hydrogens (tertiary/aromatic N) is 1. The molecule has 4 nitrogen and oxygen atoms in total. The number of rotatable bonds is 1. The van der Waals surface area contributed by atoms with Crippen molar-refractivity contribution in [1.29, 1.82) is 0 Å². The molecule has 15 heavy (non-hydrogen) atoms. The Morgan fingerprint density at radius 1 is 1.40 bits per heavy atom. The number of hydrogen-bond acceptors (Lipinski definition) is 2. The molecule has 0 spiro atoms. The molecule has 2 amide bonds. The van der Waals surface area contributed by atoms with Gasteiger partial charge in [-0.1, -0.05) is 13.8 Å². The largest absolute Gasteiger partial charge is 0.386 e. The van der Waals surface area contributed by atoms with Gasteiger partial charge in [-0.25, -0.2) is 4.79 Å². The lowest BCUT2D eigenvalue weighted by Gasteiger charge is -2.49. The third-order valence-electron chi connectivity index (χ3n) is 2.77. The van der Waals surface area contributed by atoms with Crippen LogP contribution in [0.5, 0.6) is 0 Å². The Kier molecular flexibility index (Phi) is 3.01. The van der Waals surface area contributed by atoms with E-state index in [1.165, 1.54) is 0 Å². The lowest BCUT2D eigenvalue weighted by atomic mass is 9.83. The molecule has 0 aliphatic carbocycles. The molecule has 1 fully saturated rings. The van der Waals surface area contributed by atoms with Gasteiger partial charge in [0, 0.05) is 5.54 Å². The zero-order chi connectivity index (χ0) is 11.9. The average molecular weight is 214 g/mol. The fourth-order valence-electron chi connectivity index (χ4n) is 1.52. The molecule has 0 radical (unpaired) electrons. The molecule has 2 N–H and O–H groups in total. The number of hydrogen-bond donors (Lipinski definition) is 2. The Labute approximate surface area is 91.6 Å². The molecule has 0 saturated carbocycles. The molecule has 0 atom stereocenters. The Hall–Kier alpha value is -0.770. The van der Waals surface area contributed by atoms with Gasteiger partial charge in [-0.15, -0.1) is 0 Å². The molecule has 0 aromatic carbocycles. The zero-order valence-corrected chi connectivity index (χ0v) is 10.3. The molecule has 0 unspecified atom stereocenters. The standard InChI is InChI=1S/C11H22N2O2/c1-8(2)11(15)6-13(7-11)9(14)12-10(3,4)5/h8,15H,6-7H2,1-5H3,(H,12,14). The second-order valence-corrected chi connectivity index (χ2v) is 5.79. The minimum Gasteiger partial charge on any atom is -0.386 e. The Morgan fingerprint density at radius 2 is 1.87 bits per heavy atom. The maximum absolute atomic E-state index is 11.7. The second kappa shape index (κ2) is 3.67. The van der Waals surface area contributed by atoms with Crippen molar-refractivity contribution in [2.75, 3.05) is 13.1 Å². The highest BCUT2D eigenvalue weighted by Gasteiger charge is 2.46. The highest BCUT2D eigenvalue weighted by Crippen LogP contribution is 2.28. The van der Waals surface area contributed by atoms with Crippen LogP contribution in [0, 0.1) is 5.92 Å². The minimum absolute atomic E-state index is 0.0900. The molecule has 1 aliphatic rings. The fraction of sp³-hybridized carbons (Fsp3) is 0.909. The Morgan fingerprint density at radius 3 is 2.20 bits per heavy atom. The number of β-amino-alcohol motifs (C(OH)–C–C–N with tert-alkyl or cyclic N) is 1. The van der Waals surface area contributed by atoms with Gasteiger partial charge in [0.2, 0.25) is 0 Å². The highest BCUT2D eigenvalue weighted by atomic mass is 16.3. The molecule has 0 aromatic heterocycles. The second-order valence-electron chi connectivity index (χ2n) is 5.79. The molecule has 1 heterocycles. The summed E-state index contributed by atoms with van der Waals surface area (Å²) >= 11 is 0. The van der Waals surface area contributed by atoms with Crippen molar-refractivity contribution in [3.63, 3.8) is 0 Å². The van der Waals surface area contributed by atoms with Crippen LogP contribution in [-0.4, -0.2) is 40.3 Å². The highest BCUT2D eigenvalue weighted by molar-refractivity contribution is 5.76. The maximum atomic E-state index is 11.7. The monoisotopic (exact) mass is 214 g/mol.